The van der Waals surface area contributed by atoms with Crippen molar-refractivity contribution in [1.29, 1.82) is 0 Å². The highest BCUT2D eigenvalue weighted by atomic mass is 16.5. The molecule has 1 aliphatic heterocycles. The van der Waals surface area contributed by atoms with E-state index in [1.807, 2.05) is 18.2 Å². The summed E-state index contributed by atoms with van der Waals surface area (Å²) >= 11 is 0. The fourth-order valence-electron chi connectivity index (χ4n) is 3.09. The van der Waals surface area contributed by atoms with E-state index in [2.05, 4.69) is 10.6 Å². The summed E-state index contributed by atoms with van der Waals surface area (Å²) in [7, 11) is 3.10. The van der Waals surface area contributed by atoms with Crippen LogP contribution in [0.1, 0.15) is 18.1 Å². The van der Waals surface area contributed by atoms with E-state index < -0.39 is 0 Å². The summed E-state index contributed by atoms with van der Waals surface area (Å²) in [6.07, 6.45) is 0.824. The number of methoxy groups -OCH3 is 2. The topological polar surface area (TPSA) is 79.9 Å². The number of fused-ring (bicyclic) bond motifs is 1. The van der Waals surface area contributed by atoms with Crippen LogP contribution < -0.4 is 20.1 Å². The summed E-state index contributed by atoms with van der Waals surface area (Å²) in [5.41, 5.74) is 3.47. The van der Waals surface area contributed by atoms with Crippen LogP contribution in [0, 0.1) is 0 Å². The van der Waals surface area contributed by atoms with Gasteiger partial charge in [-0.1, -0.05) is 6.07 Å². The number of nitrogens with zero attached hydrogens (tertiary/aromatic N) is 1. The third kappa shape index (κ3) is 4.31. The van der Waals surface area contributed by atoms with Crippen LogP contribution in [0.5, 0.6) is 11.5 Å². The maximum Gasteiger partial charge on any atom is 0.323 e. The minimum absolute atomic E-state index is 0.0587. The summed E-state index contributed by atoms with van der Waals surface area (Å²) < 4.78 is 10.4. The molecule has 0 fully saturated rings. The van der Waals surface area contributed by atoms with Gasteiger partial charge in [0.1, 0.15) is 11.5 Å². The Hall–Kier alpha value is -3.22. The van der Waals surface area contributed by atoms with Gasteiger partial charge < -0.3 is 25.0 Å². The molecule has 2 aromatic rings. The van der Waals surface area contributed by atoms with Crippen LogP contribution in [0.15, 0.2) is 36.4 Å². The Morgan fingerprint density at radius 1 is 1.00 bits per heavy atom. The van der Waals surface area contributed by atoms with Gasteiger partial charge in [-0.05, 0) is 41.8 Å². The summed E-state index contributed by atoms with van der Waals surface area (Å²) in [5, 5.41) is 5.60. The van der Waals surface area contributed by atoms with Crippen molar-refractivity contribution in [2.24, 2.45) is 0 Å². The minimum Gasteiger partial charge on any atom is -0.497 e. The highest BCUT2D eigenvalue weighted by Gasteiger charge is 2.18. The molecule has 0 bridgehead atoms. The van der Waals surface area contributed by atoms with E-state index in [0.29, 0.717) is 29.4 Å². The lowest BCUT2D eigenvalue weighted by molar-refractivity contribution is -0.129. The molecule has 0 saturated carbocycles. The lowest BCUT2D eigenvalue weighted by atomic mass is 9.99. The van der Waals surface area contributed by atoms with Gasteiger partial charge >= 0.3 is 6.03 Å². The molecule has 3 amide bonds. The van der Waals surface area contributed by atoms with Crippen molar-refractivity contribution in [3.63, 3.8) is 0 Å². The molecule has 2 N–H and O–H groups in total. The number of benzene rings is 2. The van der Waals surface area contributed by atoms with Gasteiger partial charge in [-0.3, -0.25) is 4.79 Å². The van der Waals surface area contributed by atoms with Crippen LogP contribution in [-0.2, 0) is 17.8 Å². The second-order valence-electron chi connectivity index (χ2n) is 6.32. The monoisotopic (exact) mass is 369 g/mol. The highest BCUT2D eigenvalue weighted by molar-refractivity contribution is 6.00. The molecule has 2 aromatic carbocycles. The lowest BCUT2D eigenvalue weighted by Crippen LogP contribution is -2.34. The Morgan fingerprint density at radius 3 is 2.52 bits per heavy atom. The van der Waals surface area contributed by atoms with Gasteiger partial charge in [0.25, 0.3) is 0 Å². The molecule has 0 aromatic heterocycles. The van der Waals surface area contributed by atoms with Crippen LogP contribution in [0.3, 0.4) is 0 Å². The number of hydrogen-bond acceptors (Lipinski definition) is 4. The van der Waals surface area contributed by atoms with Gasteiger partial charge in [-0.15, -0.1) is 0 Å². The van der Waals surface area contributed by atoms with E-state index >= 15 is 0 Å². The number of rotatable bonds is 4. The molecule has 0 radical (unpaired) electrons. The van der Waals surface area contributed by atoms with Gasteiger partial charge in [-0.25, -0.2) is 4.79 Å². The summed E-state index contributed by atoms with van der Waals surface area (Å²) in [6, 6.07) is 10.6. The van der Waals surface area contributed by atoms with Crippen molar-refractivity contribution in [3.8, 4) is 11.5 Å². The maximum atomic E-state index is 12.4. The summed E-state index contributed by atoms with van der Waals surface area (Å²) in [6.45, 7) is 2.86. The molecule has 142 valence electrons. The zero-order valence-corrected chi connectivity index (χ0v) is 15.7. The number of amides is 3. The predicted octanol–water partition coefficient (Wildman–Crippen LogP) is 3.25. The van der Waals surface area contributed by atoms with E-state index in [1.165, 1.54) is 12.7 Å². The second kappa shape index (κ2) is 7.99. The van der Waals surface area contributed by atoms with Crippen LogP contribution >= 0.6 is 0 Å². The number of ether oxygens (including phenoxy) is 2. The minimum atomic E-state index is -0.377. The first kappa shape index (κ1) is 18.6. The zero-order valence-electron chi connectivity index (χ0n) is 15.7. The normalized spacial score (nSPS) is 12.8. The largest absolute Gasteiger partial charge is 0.497 e. The zero-order chi connectivity index (χ0) is 19.4. The quantitative estimate of drug-likeness (QED) is 0.867. The van der Waals surface area contributed by atoms with Gasteiger partial charge in [0.05, 0.1) is 19.9 Å². The van der Waals surface area contributed by atoms with Gasteiger partial charge in [0.2, 0.25) is 5.91 Å². The van der Waals surface area contributed by atoms with Crippen LogP contribution in [0.4, 0.5) is 16.2 Å². The van der Waals surface area contributed by atoms with Gasteiger partial charge in [-0.2, -0.15) is 0 Å². The highest BCUT2D eigenvalue weighted by Crippen LogP contribution is 2.29. The first-order valence-corrected chi connectivity index (χ1v) is 8.67. The average molecular weight is 369 g/mol. The average Bonchev–Trinajstić information content (AvgIpc) is 2.67. The molecule has 1 aliphatic rings. The Kier molecular flexibility index (Phi) is 5.49. The van der Waals surface area contributed by atoms with Gasteiger partial charge in [0, 0.05) is 31.8 Å². The third-order valence-electron chi connectivity index (χ3n) is 4.58. The molecule has 27 heavy (non-hydrogen) atoms. The third-order valence-corrected chi connectivity index (χ3v) is 4.58. The predicted molar refractivity (Wildman–Crippen MR) is 103 cm³/mol. The molecule has 0 atom stereocenters. The molecule has 0 spiro atoms. The van der Waals surface area contributed by atoms with Crippen molar-refractivity contribution in [2.45, 2.75) is 19.9 Å². The maximum absolute atomic E-state index is 12.4. The Morgan fingerprint density at radius 2 is 1.81 bits per heavy atom. The van der Waals surface area contributed by atoms with Crippen LogP contribution in [0.2, 0.25) is 0 Å². The van der Waals surface area contributed by atoms with Gasteiger partial charge in [0.15, 0.2) is 0 Å². The SMILES string of the molecule is COc1ccc(NC(=O)Nc2ccc3c(c2)CN(C(C)=O)CC3)c(OC)c1. The van der Waals surface area contributed by atoms with E-state index in [1.54, 1.807) is 37.1 Å². The van der Waals surface area contributed by atoms with E-state index in [-0.39, 0.29) is 11.9 Å². The Labute approximate surface area is 158 Å². The standard InChI is InChI=1S/C20H23N3O4/c1-13(24)23-9-8-14-4-5-16(10-15(14)12-23)21-20(25)22-18-7-6-17(26-2)11-19(18)27-3/h4-7,10-11H,8-9,12H2,1-3H3,(H2,21,22,25). The number of carbonyl (C=O) groups excluding carboxylic acids is 2. The van der Waals surface area contributed by atoms with Crippen LogP contribution in [-0.4, -0.2) is 37.6 Å². The molecular formula is C20H23N3O4. The summed E-state index contributed by atoms with van der Waals surface area (Å²) in [5.74, 6) is 1.21. The molecule has 0 unspecified atom stereocenters. The molecule has 7 nitrogen and oxygen atoms in total. The Balaban J connectivity index is 1.70. The van der Waals surface area contributed by atoms with E-state index in [4.69, 9.17) is 9.47 Å². The first-order chi connectivity index (χ1) is 13.0. The number of anilines is 2. The van der Waals surface area contributed by atoms with E-state index in [0.717, 1.165) is 18.5 Å². The van der Waals surface area contributed by atoms with Crippen molar-refractivity contribution >= 4 is 23.3 Å². The molecule has 1 heterocycles. The second-order valence-corrected chi connectivity index (χ2v) is 6.32. The number of hydrogen-bond donors (Lipinski definition) is 2. The van der Waals surface area contributed by atoms with Crippen LogP contribution in [0.25, 0.3) is 0 Å². The number of nitrogens with one attached hydrogen (secondary N) is 2. The smallest absolute Gasteiger partial charge is 0.323 e. The summed E-state index contributed by atoms with van der Waals surface area (Å²) in [4.78, 5) is 25.8. The van der Waals surface area contributed by atoms with Crippen molar-refractivity contribution in [3.05, 3.63) is 47.5 Å². The fraction of sp³-hybridized carbons (Fsp3) is 0.300. The molecule has 3 rings (SSSR count). The number of urea groups is 1. The molecule has 0 saturated heterocycles. The molecule has 0 aliphatic carbocycles. The lowest BCUT2D eigenvalue weighted by Gasteiger charge is -2.28. The van der Waals surface area contributed by atoms with Crippen molar-refractivity contribution in [1.82, 2.24) is 4.90 Å². The van der Waals surface area contributed by atoms with Crippen molar-refractivity contribution < 1.29 is 19.1 Å². The molecule has 7 heteroatoms. The molecular weight excluding hydrogens is 346 g/mol. The Bertz CT molecular complexity index is 866. The fourth-order valence-corrected chi connectivity index (χ4v) is 3.09. The van der Waals surface area contributed by atoms with E-state index in [9.17, 15) is 9.59 Å². The first-order valence-electron chi connectivity index (χ1n) is 8.67. The number of carbonyl (C=O) groups is 2. The van der Waals surface area contributed by atoms with Crippen molar-refractivity contribution in [2.75, 3.05) is 31.4 Å².